The van der Waals surface area contributed by atoms with Gasteiger partial charge in [-0.3, -0.25) is 4.79 Å². The summed E-state index contributed by atoms with van der Waals surface area (Å²) in [6.07, 6.45) is 0.892. The zero-order chi connectivity index (χ0) is 14.8. The molecule has 6 nitrogen and oxygen atoms in total. The van der Waals surface area contributed by atoms with Crippen molar-refractivity contribution in [3.05, 3.63) is 29.8 Å². The number of aliphatic carboxylic acids is 1. The van der Waals surface area contributed by atoms with Gasteiger partial charge in [0.15, 0.2) is 6.10 Å². The fraction of sp³-hybridized carbons (Fsp3) is 0.467. The molecule has 2 heterocycles. The van der Waals surface area contributed by atoms with Crippen LogP contribution in [0.4, 0.5) is 5.69 Å². The molecule has 2 aliphatic rings. The monoisotopic (exact) mass is 290 g/mol. The van der Waals surface area contributed by atoms with Gasteiger partial charge < -0.3 is 20.5 Å². The Labute approximate surface area is 122 Å². The molecule has 3 rings (SSSR count). The largest absolute Gasteiger partial charge is 0.479 e. The molecule has 0 saturated carbocycles. The summed E-state index contributed by atoms with van der Waals surface area (Å²) in [7, 11) is 0. The molecule has 0 spiro atoms. The second-order valence-corrected chi connectivity index (χ2v) is 5.47. The molecule has 0 radical (unpaired) electrons. The zero-order valence-corrected chi connectivity index (χ0v) is 11.5. The number of rotatable bonds is 4. The van der Waals surface area contributed by atoms with Crippen LogP contribution >= 0.6 is 0 Å². The van der Waals surface area contributed by atoms with Crippen LogP contribution in [0.5, 0.6) is 0 Å². The number of carbonyl (C=O) groups is 2. The minimum Gasteiger partial charge on any atom is -0.479 e. The average Bonchev–Trinajstić information content (AvgIpc) is 3.11. The Morgan fingerprint density at radius 2 is 2.14 bits per heavy atom. The second kappa shape index (κ2) is 5.73. The van der Waals surface area contributed by atoms with Crippen LogP contribution in [0.15, 0.2) is 24.3 Å². The predicted molar refractivity (Wildman–Crippen MR) is 76.1 cm³/mol. The average molecular weight is 290 g/mol. The summed E-state index contributed by atoms with van der Waals surface area (Å²) in [6, 6.07) is 7.59. The number of para-hydroxylation sites is 1. The van der Waals surface area contributed by atoms with Gasteiger partial charge in [-0.1, -0.05) is 18.2 Å². The molecule has 1 fully saturated rings. The summed E-state index contributed by atoms with van der Waals surface area (Å²) in [6.45, 7) is 0.358. The molecular formula is C15H18N2O4. The van der Waals surface area contributed by atoms with Gasteiger partial charge in [-0.05, 0) is 24.5 Å². The molecule has 6 heteroatoms. The van der Waals surface area contributed by atoms with Crippen molar-refractivity contribution in [1.82, 2.24) is 5.32 Å². The summed E-state index contributed by atoms with van der Waals surface area (Å²) >= 11 is 0. The SMILES string of the molecule is O=C(NCC1CCC(C(=O)O)O1)C1Cc2ccccc2N1. The first kappa shape index (κ1) is 13.9. The lowest BCUT2D eigenvalue weighted by Crippen LogP contribution is -2.42. The normalized spacial score (nSPS) is 27.0. The minimum absolute atomic E-state index is 0.0754. The molecule has 1 aromatic carbocycles. The molecular weight excluding hydrogens is 272 g/mol. The first-order valence-corrected chi connectivity index (χ1v) is 7.14. The number of carboxylic acids is 1. The molecule has 3 atom stereocenters. The van der Waals surface area contributed by atoms with Crippen molar-refractivity contribution < 1.29 is 19.4 Å². The van der Waals surface area contributed by atoms with Gasteiger partial charge in [-0.2, -0.15) is 0 Å². The summed E-state index contributed by atoms with van der Waals surface area (Å²) in [4.78, 5) is 22.9. The van der Waals surface area contributed by atoms with Gasteiger partial charge in [-0.25, -0.2) is 4.79 Å². The third-order valence-electron chi connectivity index (χ3n) is 3.97. The molecule has 1 aromatic rings. The molecule has 0 aliphatic carbocycles. The number of anilines is 1. The first-order valence-electron chi connectivity index (χ1n) is 7.14. The van der Waals surface area contributed by atoms with Crippen LogP contribution in [0.2, 0.25) is 0 Å². The third-order valence-corrected chi connectivity index (χ3v) is 3.97. The Kier molecular flexibility index (Phi) is 3.79. The van der Waals surface area contributed by atoms with E-state index in [1.165, 1.54) is 0 Å². The highest BCUT2D eigenvalue weighted by atomic mass is 16.5. The van der Waals surface area contributed by atoms with Gasteiger partial charge in [0.2, 0.25) is 5.91 Å². The van der Waals surface area contributed by atoms with E-state index in [4.69, 9.17) is 9.84 Å². The Balaban J connectivity index is 1.47. The molecule has 1 amide bonds. The molecule has 3 N–H and O–H groups in total. The molecule has 1 saturated heterocycles. The van der Waals surface area contributed by atoms with Gasteiger partial charge in [-0.15, -0.1) is 0 Å². The number of carbonyl (C=O) groups excluding carboxylic acids is 1. The topological polar surface area (TPSA) is 87.7 Å². The lowest BCUT2D eigenvalue weighted by Gasteiger charge is -2.15. The van der Waals surface area contributed by atoms with Crippen molar-refractivity contribution in [1.29, 1.82) is 0 Å². The van der Waals surface area contributed by atoms with Crippen LogP contribution in [-0.4, -0.2) is 41.8 Å². The van der Waals surface area contributed by atoms with Crippen LogP contribution in [0.25, 0.3) is 0 Å². The summed E-state index contributed by atoms with van der Waals surface area (Å²) in [5, 5.41) is 14.9. The number of hydrogen-bond donors (Lipinski definition) is 3. The quantitative estimate of drug-likeness (QED) is 0.762. The minimum atomic E-state index is -0.934. The Morgan fingerprint density at radius 1 is 1.33 bits per heavy atom. The van der Waals surface area contributed by atoms with Crippen LogP contribution in [0, 0.1) is 0 Å². The van der Waals surface area contributed by atoms with E-state index in [-0.39, 0.29) is 18.1 Å². The number of ether oxygens (including phenoxy) is 1. The molecule has 3 unspecified atom stereocenters. The van der Waals surface area contributed by atoms with Crippen molar-refractivity contribution >= 4 is 17.6 Å². The van der Waals surface area contributed by atoms with Crippen molar-refractivity contribution in [2.75, 3.05) is 11.9 Å². The Morgan fingerprint density at radius 3 is 2.86 bits per heavy atom. The number of amides is 1. The highest BCUT2D eigenvalue weighted by molar-refractivity contribution is 5.87. The lowest BCUT2D eigenvalue weighted by molar-refractivity contribution is -0.149. The summed E-state index contributed by atoms with van der Waals surface area (Å²) in [5.41, 5.74) is 2.14. The Hall–Kier alpha value is -2.08. The van der Waals surface area contributed by atoms with E-state index < -0.39 is 12.1 Å². The van der Waals surface area contributed by atoms with Gasteiger partial charge >= 0.3 is 5.97 Å². The fourth-order valence-electron chi connectivity index (χ4n) is 2.83. The van der Waals surface area contributed by atoms with Crippen molar-refractivity contribution in [3.63, 3.8) is 0 Å². The maximum Gasteiger partial charge on any atom is 0.332 e. The van der Waals surface area contributed by atoms with E-state index in [2.05, 4.69) is 10.6 Å². The number of nitrogens with one attached hydrogen (secondary N) is 2. The highest BCUT2D eigenvalue weighted by Gasteiger charge is 2.32. The van der Waals surface area contributed by atoms with Gasteiger partial charge in [0.05, 0.1) is 6.10 Å². The predicted octanol–water partition coefficient (Wildman–Crippen LogP) is 0.772. The number of hydrogen-bond acceptors (Lipinski definition) is 4. The van der Waals surface area contributed by atoms with Crippen molar-refractivity contribution in [2.24, 2.45) is 0 Å². The first-order chi connectivity index (χ1) is 10.1. The second-order valence-electron chi connectivity index (χ2n) is 5.47. The van der Waals surface area contributed by atoms with E-state index >= 15 is 0 Å². The highest BCUT2D eigenvalue weighted by Crippen LogP contribution is 2.25. The number of carboxylic acid groups (broad SMARTS) is 1. The van der Waals surface area contributed by atoms with E-state index in [1.54, 1.807) is 0 Å². The van der Waals surface area contributed by atoms with Crippen molar-refractivity contribution in [3.8, 4) is 0 Å². The Bertz CT molecular complexity index is 535. The van der Waals surface area contributed by atoms with Gasteiger partial charge in [0.25, 0.3) is 0 Å². The van der Waals surface area contributed by atoms with Crippen molar-refractivity contribution in [2.45, 2.75) is 37.5 Å². The van der Waals surface area contributed by atoms with Crippen LogP contribution in [0.3, 0.4) is 0 Å². The van der Waals surface area contributed by atoms with Gasteiger partial charge in [0.1, 0.15) is 6.04 Å². The lowest BCUT2D eigenvalue weighted by atomic mass is 10.1. The third kappa shape index (κ3) is 3.00. The molecule has 0 bridgehead atoms. The molecule has 112 valence electrons. The van der Waals surface area contributed by atoms with Crippen LogP contribution < -0.4 is 10.6 Å². The standard InChI is InChI=1S/C15H18N2O4/c18-14(12-7-9-3-1-2-4-11(9)17-12)16-8-10-5-6-13(21-10)15(19)20/h1-4,10,12-13,17H,5-8H2,(H,16,18)(H,19,20). The van der Waals surface area contributed by atoms with Crippen LogP contribution in [-0.2, 0) is 20.7 Å². The van der Waals surface area contributed by atoms with Gasteiger partial charge in [0, 0.05) is 18.7 Å². The number of fused-ring (bicyclic) bond motifs is 1. The molecule has 0 aromatic heterocycles. The molecule has 2 aliphatic heterocycles. The van der Waals surface area contributed by atoms with E-state index in [0.29, 0.717) is 25.8 Å². The maximum atomic E-state index is 12.1. The van der Waals surface area contributed by atoms with E-state index in [9.17, 15) is 9.59 Å². The fourth-order valence-corrected chi connectivity index (χ4v) is 2.83. The van der Waals surface area contributed by atoms with Crippen LogP contribution in [0.1, 0.15) is 18.4 Å². The maximum absolute atomic E-state index is 12.1. The zero-order valence-electron chi connectivity index (χ0n) is 11.5. The summed E-state index contributed by atoms with van der Waals surface area (Å²) in [5.74, 6) is -1.01. The smallest absolute Gasteiger partial charge is 0.332 e. The number of benzene rings is 1. The van der Waals surface area contributed by atoms with E-state index in [1.807, 2.05) is 24.3 Å². The molecule has 21 heavy (non-hydrogen) atoms. The summed E-state index contributed by atoms with van der Waals surface area (Å²) < 4.78 is 5.36. The van der Waals surface area contributed by atoms with E-state index in [0.717, 1.165) is 11.3 Å².